The summed E-state index contributed by atoms with van der Waals surface area (Å²) in [6, 6.07) is 1.66. The minimum absolute atomic E-state index is 0.0789. The number of aromatic amines is 1. The lowest BCUT2D eigenvalue weighted by Crippen LogP contribution is -2.11. The fourth-order valence-electron chi connectivity index (χ4n) is 2.93. The lowest BCUT2D eigenvalue weighted by atomic mass is 9.96. The van der Waals surface area contributed by atoms with E-state index in [0.717, 1.165) is 37.7 Å². The van der Waals surface area contributed by atoms with Gasteiger partial charge in [-0.05, 0) is 65.0 Å². The van der Waals surface area contributed by atoms with Gasteiger partial charge in [0.1, 0.15) is 5.82 Å². The largest absolute Gasteiger partial charge is 0.732 e. The van der Waals surface area contributed by atoms with E-state index in [9.17, 15) is 5.21 Å². The third-order valence-electron chi connectivity index (χ3n) is 4.61. The summed E-state index contributed by atoms with van der Waals surface area (Å²) in [6.07, 6.45) is 11.5. The number of epoxide rings is 1. The molecule has 5 nitrogen and oxygen atoms in total. The highest BCUT2D eigenvalue weighted by Gasteiger charge is 2.50. The Kier molecular flexibility index (Phi) is 6.27. The molecule has 2 heterocycles. The van der Waals surface area contributed by atoms with Gasteiger partial charge in [-0.1, -0.05) is 23.3 Å². The lowest BCUT2D eigenvalue weighted by Gasteiger charge is -2.18. The standard InChI is InChI=1S/C19H29N2O3/c1-14(2)7-5-8-15(3)9-6-10-19(4)17(24-19)11-16-12-18(20-13-16)21(22)23/h7,9,12-13,17,20,22H,5-6,8,10-11H2,1-4H3/q-1. The Bertz CT molecular complexity index is 600. The number of anilines is 1. The number of H-pyrrole nitrogens is 1. The van der Waals surface area contributed by atoms with E-state index in [1.54, 1.807) is 12.3 Å². The Balaban J connectivity index is 1.73. The Morgan fingerprint density at radius 1 is 1.38 bits per heavy atom. The molecule has 2 unspecified atom stereocenters. The van der Waals surface area contributed by atoms with Crippen molar-refractivity contribution >= 4 is 5.82 Å². The van der Waals surface area contributed by atoms with Gasteiger partial charge in [-0.2, -0.15) is 0 Å². The number of nitrogens with one attached hydrogen (secondary N) is 1. The Hall–Kier alpha value is -1.56. The first kappa shape index (κ1) is 18.8. The fourth-order valence-corrected chi connectivity index (χ4v) is 2.93. The van der Waals surface area contributed by atoms with Crippen molar-refractivity contribution in [3.63, 3.8) is 0 Å². The average molecular weight is 333 g/mol. The molecular formula is C19H29N2O3-. The van der Waals surface area contributed by atoms with E-state index in [2.05, 4.69) is 44.8 Å². The molecule has 1 saturated heterocycles. The molecule has 0 radical (unpaired) electrons. The van der Waals surface area contributed by atoms with Crippen LogP contribution in [0.1, 0.15) is 58.9 Å². The number of allylic oxidation sites excluding steroid dienone is 4. The lowest BCUT2D eigenvalue weighted by molar-refractivity contribution is 0.293. The average Bonchev–Trinajstić information content (AvgIpc) is 2.91. The molecule has 2 N–H and O–H groups in total. The second kappa shape index (κ2) is 8.01. The first-order valence-electron chi connectivity index (χ1n) is 8.60. The normalized spacial score (nSPS) is 23.2. The molecule has 1 aromatic rings. The van der Waals surface area contributed by atoms with Gasteiger partial charge < -0.3 is 20.2 Å². The van der Waals surface area contributed by atoms with E-state index < -0.39 is 0 Å². The quantitative estimate of drug-likeness (QED) is 0.383. The zero-order chi connectivity index (χ0) is 17.7. The fraction of sp³-hybridized carbons (Fsp3) is 0.579. The zero-order valence-electron chi connectivity index (χ0n) is 15.1. The molecule has 0 aliphatic carbocycles. The second-order valence-electron chi connectivity index (χ2n) is 7.20. The van der Waals surface area contributed by atoms with Gasteiger partial charge in [0.25, 0.3) is 0 Å². The van der Waals surface area contributed by atoms with Gasteiger partial charge in [0.05, 0.1) is 11.7 Å². The van der Waals surface area contributed by atoms with Gasteiger partial charge in [-0.15, -0.1) is 0 Å². The molecular weight excluding hydrogens is 304 g/mol. The molecule has 0 bridgehead atoms. The number of ether oxygens (including phenoxy) is 1. The topological polar surface area (TPSA) is 74.9 Å². The molecule has 24 heavy (non-hydrogen) atoms. The molecule has 0 spiro atoms. The number of hydrogen-bond donors (Lipinski definition) is 2. The summed E-state index contributed by atoms with van der Waals surface area (Å²) in [6.45, 7) is 8.60. The maximum absolute atomic E-state index is 10.8. The molecule has 1 aromatic heterocycles. The summed E-state index contributed by atoms with van der Waals surface area (Å²) in [5, 5.41) is 19.5. The summed E-state index contributed by atoms with van der Waals surface area (Å²) in [4.78, 5) is 2.74. The molecule has 1 fully saturated rings. The minimum Gasteiger partial charge on any atom is -0.732 e. The molecule has 2 rings (SSSR count). The summed E-state index contributed by atoms with van der Waals surface area (Å²) in [5.74, 6) is 0.155. The summed E-state index contributed by atoms with van der Waals surface area (Å²) in [7, 11) is 0. The highest BCUT2D eigenvalue weighted by molar-refractivity contribution is 5.40. The maximum atomic E-state index is 10.8. The van der Waals surface area contributed by atoms with E-state index in [-0.39, 0.29) is 22.7 Å². The van der Waals surface area contributed by atoms with E-state index in [1.165, 1.54) is 11.1 Å². The van der Waals surface area contributed by atoms with Gasteiger partial charge in [-0.25, -0.2) is 0 Å². The van der Waals surface area contributed by atoms with Crippen LogP contribution in [-0.2, 0) is 11.2 Å². The predicted octanol–water partition coefficient (Wildman–Crippen LogP) is 4.88. The smallest absolute Gasteiger partial charge is 0.119 e. The van der Waals surface area contributed by atoms with Crippen molar-refractivity contribution in [3.8, 4) is 0 Å². The summed E-state index contributed by atoms with van der Waals surface area (Å²) >= 11 is 0. The number of aromatic nitrogens is 1. The van der Waals surface area contributed by atoms with Crippen LogP contribution in [0.15, 0.2) is 35.6 Å². The molecule has 2 atom stereocenters. The van der Waals surface area contributed by atoms with Crippen LogP contribution in [0.3, 0.4) is 0 Å². The Morgan fingerprint density at radius 2 is 2.12 bits per heavy atom. The molecule has 1 aliphatic heterocycles. The van der Waals surface area contributed by atoms with Crippen LogP contribution in [0, 0.1) is 5.21 Å². The highest BCUT2D eigenvalue weighted by Crippen LogP contribution is 2.42. The van der Waals surface area contributed by atoms with Crippen LogP contribution in [0.25, 0.3) is 0 Å². The van der Waals surface area contributed by atoms with Crippen molar-refractivity contribution in [2.45, 2.75) is 71.5 Å². The second-order valence-corrected chi connectivity index (χ2v) is 7.20. The van der Waals surface area contributed by atoms with Crippen molar-refractivity contribution < 1.29 is 9.94 Å². The monoisotopic (exact) mass is 333 g/mol. The molecule has 0 amide bonds. The Morgan fingerprint density at radius 3 is 2.75 bits per heavy atom. The first-order valence-corrected chi connectivity index (χ1v) is 8.60. The molecule has 5 heteroatoms. The highest BCUT2D eigenvalue weighted by atomic mass is 16.8. The molecule has 0 aromatic carbocycles. The maximum Gasteiger partial charge on any atom is 0.119 e. The van der Waals surface area contributed by atoms with Crippen LogP contribution in [0.4, 0.5) is 5.82 Å². The van der Waals surface area contributed by atoms with Crippen LogP contribution < -0.4 is 5.23 Å². The van der Waals surface area contributed by atoms with Gasteiger partial charge >= 0.3 is 0 Å². The van der Waals surface area contributed by atoms with Gasteiger partial charge in [0, 0.05) is 12.6 Å². The Labute approximate surface area is 144 Å². The first-order chi connectivity index (χ1) is 11.3. The van der Waals surface area contributed by atoms with Crippen LogP contribution in [0.2, 0.25) is 0 Å². The van der Waals surface area contributed by atoms with Crippen molar-refractivity contribution in [1.29, 1.82) is 0 Å². The van der Waals surface area contributed by atoms with Crippen molar-refractivity contribution in [1.82, 2.24) is 4.98 Å². The third-order valence-corrected chi connectivity index (χ3v) is 4.61. The van der Waals surface area contributed by atoms with Crippen LogP contribution in [-0.4, -0.2) is 21.9 Å². The number of nitrogens with zero attached hydrogens (tertiary/aromatic N) is 1. The summed E-state index contributed by atoms with van der Waals surface area (Å²) in [5.41, 5.74) is 3.70. The third kappa shape index (κ3) is 5.51. The van der Waals surface area contributed by atoms with Crippen molar-refractivity contribution in [3.05, 3.63) is 46.3 Å². The number of hydrogen-bond acceptors (Lipinski definition) is 4. The van der Waals surface area contributed by atoms with Crippen molar-refractivity contribution in [2.75, 3.05) is 5.23 Å². The van der Waals surface area contributed by atoms with E-state index in [4.69, 9.17) is 9.94 Å². The minimum atomic E-state index is -0.154. The van der Waals surface area contributed by atoms with Crippen LogP contribution >= 0.6 is 0 Å². The van der Waals surface area contributed by atoms with Gasteiger partial charge in [0.2, 0.25) is 0 Å². The molecule has 134 valence electrons. The molecule has 1 aliphatic rings. The number of rotatable bonds is 9. The predicted molar refractivity (Wildman–Crippen MR) is 97.1 cm³/mol. The van der Waals surface area contributed by atoms with Crippen LogP contribution in [0.5, 0.6) is 0 Å². The zero-order valence-corrected chi connectivity index (χ0v) is 15.1. The van der Waals surface area contributed by atoms with Gasteiger partial charge in [0.15, 0.2) is 0 Å². The van der Waals surface area contributed by atoms with E-state index in [1.807, 2.05) is 0 Å². The van der Waals surface area contributed by atoms with E-state index in [0.29, 0.717) is 0 Å². The summed E-state index contributed by atoms with van der Waals surface area (Å²) < 4.78 is 5.87. The SMILES string of the molecule is CC(C)=CCCC(C)=CCCC1(C)OC1Cc1c[nH]c(N([O-])O)c1. The van der Waals surface area contributed by atoms with Gasteiger partial charge in [-0.3, -0.25) is 5.21 Å². The van der Waals surface area contributed by atoms with Crippen molar-refractivity contribution in [2.24, 2.45) is 0 Å². The molecule has 0 saturated carbocycles. The van der Waals surface area contributed by atoms with E-state index >= 15 is 0 Å².